The van der Waals surface area contributed by atoms with Gasteiger partial charge in [0.05, 0.1) is 29.3 Å². The normalized spacial score (nSPS) is 10.5. The summed E-state index contributed by atoms with van der Waals surface area (Å²) < 4.78 is 35.2. The molecule has 0 N–H and O–H groups in total. The number of methoxy groups -OCH3 is 1. The second kappa shape index (κ2) is 5.90. The van der Waals surface area contributed by atoms with Crippen molar-refractivity contribution < 1.29 is 23.0 Å². The summed E-state index contributed by atoms with van der Waals surface area (Å²) in [6, 6.07) is 0. The van der Waals surface area contributed by atoms with Crippen LogP contribution in [0.2, 0.25) is 0 Å². The quantitative estimate of drug-likeness (QED) is 0.802. The fraction of sp³-hybridized carbons (Fsp3) is 0.400. The highest BCUT2D eigenvalue weighted by atomic mass is 79.9. The minimum absolute atomic E-state index is 0.00616. The van der Waals surface area contributed by atoms with E-state index in [-0.39, 0.29) is 22.5 Å². The van der Waals surface area contributed by atoms with Gasteiger partial charge in [-0.15, -0.1) is 0 Å². The number of aromatic nitrogens is 1. The summed E-state index contributed by atoms with van der Waals surface area (Å²) in [6.07, 6.45) is -1.82. The number of carbonyl (C=O) groups is 1. The highest BCUT2D eigenvalue weighted by Gasteiger charge is 2.25. The number of hydrogen-bond donors (Lipinski definition) is 0. The molecular weight excluding hydrogens is 300 g/mol. The molecular formula is C10H10BrF2NO3. The molecule has 17 heavy (non-hydrogen) atoms. The van der Waals surface area contributed by atoms with Crippen LogP contribution in [0.25, 0.3) is 0 Å². The van der Waals surface area contributed by atoms with E-state index >= 15 is 0 Å². The lowest BCUT2D eigenvalue weighted by atomic mass is 10.1. The molecule has 0 saturated heterocycles. The van der Waals surface area contributed by atoms with E-state index in [9.17, 15) is 13.6 Å². The van der Waals surface area contributed by atoms with Crippen LogP contribution in [0.5, 0.6) is 5.88 Å². The molecule has 7 heteroatoms. The zero-order chi connectivity index (χ0) is 13.0. The number of hydrogen-bond acceptors (Lipinski definition) is 4. The molecule has 0 spiro atoms. The first-order valence-electron chi connectivity index (χ1n) is 4.70. The Balaban J connectivity index is 3.31. The summed E-state index contributed by atoms with van der Waals surface area (Å²) in [4.78, 5) is 15.2. The van der Waals surface area contributed by atoms with Gasteiger partial charge in [0.1, 0.15) is 0 Å². The predicted octanol–water partition coefficient (Wildman–Crippen LogP) is 2.97. The molecule has 0 radical (unpaired) electrons. The highest BCUT2D eigenvalue weighted by Crippen LogP contribution is 2.35. The second-order valence-corrected chi connectivity index (χ2v) is 3.72. The van der Waals surface area contributed by atoms with E-state index in [1.54, 1.807) is 6.92 Å². The fourth-order valence-corrected chi connectivity index (χ4v) is 1.86. The Labute approximate surface area is 105 Å². The van der Waals surface area contributed by atoms with Crippen LogP contribution in [0.3, 0.4) is 0 Å². The Kier molecular flexibility index (Phi) is 4.80. The van der Waals surface area contributed by atoms with E-state index < -0.39 is 18.0 Å². The zero-order valence-electron chi connectivity index (χ0n) is 9.17. The first-order chi connectivity index (χ1) is 8.02. The Morgan fingerprint density at radius 2 is 2.24 bits per heavy atom. The molecule has 1 rings (SSSR count). The van der Waals surface area contributed by atoms with Crippen LogP contribution in [-0.2, 0) is 4.74 Å². The largest absolute Gasteiger partial charge is 0.480 e. The van der Waals surface area contributed by atoms with E-state index in [0.717, 1.165) is 6.20 Å². The first kappa shape index (κ1) is 13.8. The van der Waals surface area contributed by atoms with Gasteiger partial charge in [-0.05, 0) is 22.9 Å². The molecule has 4 nitrogen and oxygen atoms in total. The molecule has 0 bridgehead atoms. The molecule has 0 unspecified atom stereocenters. The molecule has 0 saturated carbocycles. The monoisotopic (exact) mass is 309 g/mol. The third-order valence-electron chi connectivity index (χ3n) is 1.93. The smallest absolute Gasteiger partial charge is 0.340 e. The van der Waals surface area contributed by atoms with Crippen LogP contribution >= 0.6 is 15.9 Å². The van der Waals surface area contributed by atoms with Crippen molar-refractivity contribution in [2.75, 3.05) is 13.7 Å². The summed E-state index contributed by atoms with van der Waals surface area (Å²) >= 11 is 2.94. The predicted molar refractivity (Wildman–Crippen MR) is 59.4 cm³/mol. The van der Waals surface area contributed by atoms with Crippen molar-refractivity contribution in [2.24, 2.45) is 0 Å². The average Bonchev–Trinajstić information content (AvgIpc) is 2.28. The summed E-state index contributed by atoms with van der Waals surface area (Å²) in [6.45, 7) is 1.69. The number of esters is 1. The van der Waals surface area contributed by atoms with Gasteiger partial charge in [0.2, 0.25) is 5.88 Å². The summed E-state index contributed by atoms with van der Waals surface area (Å²) in [7, 11) is 1.30. The average molecular weight is 310 g/mol. The fourth-order valence-electron chi connectivity index (χ4n) is 1.21. The van der Waals surface area contributed by atoms with E-state index in [4.69, 9.17) is 4.74 Å². The molecule has 0 aliphatic carbocycles. The van der Waals surface area contributed by atoms with E-state index in [0.29, 0.717) is 0 Å². The minimum Gasteiger partial charge on any atom is -0.480 e. The first-order valence-corrected chi connectivity index (χ1v) is 5.49. The number of nitrogens with zero attached hydrogens (tertiary/aromatic N) is 1. The van der Waals surface area contributed by atoms with Crippen molar-refractivity contribution in [1.82, 2.24) is 4.98 Å². The molecule has 0 amide bonds. The number of alkyl halides is 2. The SMILES string of the molecule is CCOC(=O)c1cnc(OC)c(Br)c1C(F)F. The van der Waals surface area contributed by atoms with Gasteiger partial charge < -0.3 is 9.47 Å². The summed E-state index contributed by atoms with van der Waals surface area (Å²) in [5.74, 6) is -0.841. The summed E-state index contributed by atoms with van der Waals surface area (Å²) in [5, 5.41) is 0. The Hall–Kier alpha value is -1.24. The zero-order valence-corrected chi connectivity index (χ0v) is 10.8. The minimum atomic E-state index is -2.83. The lowest BCUT2D eigenvalue weighted by molar-refractivity contribution is 0.0514. The van der Waals surface area contributed by atoms with Crippen molar-refractivity contribution in [3.63, 3.8) is 0 Å². The lowest BCUT2D eigenvalue weighted by Crippen LogP contribution is -2.10. The maximum Gasteiger partial charge on any atom is 0.340 e. The van der Waals surface area contributed by atoms with Gasteiger partial charge in [-0.2, -0.15) is 0 Å². The van der Waals surface area contributed by atoms with Gasteiger partial charge in [-0.25, -0.2) is 18.6 Å². The maximum absolute atomic E-state index is 12.9. The number of carbonyl (C=O) groups excluding carboxylic acids is 1. The molecule has 0 atom stereocenters. The molecule has 0 aliphatic rings. The highest BCUT2D eigenvalue weighted by molar-refractivity contribution is 9.10. The van der Waals surface area contributed by atoms with E-state index in [1.165, 1.54) is 7.11 Å². The van der Waals surface area contributed by atoms with Crippen molar-refractivity contribution in [2.45, 2.75) is 13.3 Å². The molecule has 0 aliphatic heterocycles. The Bertz CT molecular complexity index is 426. The van der Waals surface area contributed by atoms with Crippen LogP contribution in [0.1, 0.15) is 29.3 Å². The molecule has 0 aromatic carbocycles. The lowest BCUT2D eigenvalue weighted by Gasteiger charge is -2.11. The van der Waals surface area contributed by atoms with Gasteiger partial charge in [0.15, 0.2) is 0 Å². The Morgan fingerprint density at radius 1 is 1.59 bits per heavy atom. The van der Waals surface area contributed by atoms with Gasteiger partial charge in [0.25, 0.3) is 6.43 Å². The number of ether oxygens (including phenoxy) is 2. The molecule has 94 valence electrons. The second-order valence-electron chi connectivity index (χ2n) is 2.93. The van der Waals surface area contributed by atoms with Crippen molar-refractivity contribution in [1.29, 1.82) is 0 Å². The molecule has 1 heterocycles. The number of rotatable bonds is 4. The number of pyridine rings is 1. The van der Waals surface area contributed by atoms with Crippen LogP contribution in [0.15, 0.2) is 10.7 Å². The van der Waals surface area contributed by atoms with Crippen molar-refractivity contribution in [3.05, 3.63) is 21.8 Å². The molecule has 0 fully saturated rings. The van der Waals surface area contributed by atoms with Crippen LogP contribution < -0.4 is 4.74 Å². The Morgan fingerprint density at radius 3 is 2.71 bits per heavy atom. The van der Waals surface area contributed by atoms with Gasteiger partial charge in [-0.3, -0.25) is 0 Å². The van der Waals surface area contributed by atoms with E-state index in [1.807, 2.05) is 0 Å². The maximum atomic E-state index is 12.9. The third kappa shape index (κ3) is 2.91. The van der Waals surface area contributed by atoms with Crippen LogP contribution in [-0.4, -0.2) is 24.7 Å². The standard InChI is InChI=1S/C10H10BrF2NO3/c1-3-17-10(15)5-4-14-9(16-2)7(11)6(5)8(12)13/h4,8H,3H2,1-2H3. The van der Waals surface area contributed by atoms with E-state index in [2.05, 4.69) is 25.7 Å². The van der Waals surface area contributed by atoms with Crippen molar-refractivity contribution >= 4 is 21.9 Å². The molecule has 1 aromatic rings. The molecule has 1 aromatic heterocycles. The topological polar surface area (TPSA) is 48.4 Å². The van der Waals surface area contributed by atoms with Crippen LogP contribution in [0.4, 0.5) is 8.78 Å². The van der Waals surface area contributed by atoms with Crippen molar-refractivity contribution in [3.8, 4) is 5.88 Å². The van der Waals surface area contributed by atoms with Gasteiger partial charge in [0, 0.05) is 6.20 Å². The third-order valence-corrected chi connectivity index (χ3v) is 2.70. The number of halogens is 3. The van der Waals surface area contributed by atoms with Gasteiger partial charge >= 0.3 is 5.97 Å². The summed E-state index contributed by atoms with van der Waals surface area (Å²) in [5.41, 5.74) is -0.746. The van der Waals surface area contributed by atoms with Gasteiger partial charge in [-0.1, -0.05) is 0 Å². The van der Waals surface area contributed by atoms with Crippen LogP contribution in [0, 0.1) is 0 Å².